The summed E-state index contributed by atoms with van der Waals surface area (Å²) in [6.45, 7) is 1.49. The smallest absolute Gasteiger partial charge is 0.214 e. The van der Waals surface area contributed by atoms with Gasteiger partial charge in [0.15, 0.2) is 0 Å². The van der Waals surface area contributed by atoms with Gasteiger partial charge in [0.1, 0.15) is 11.6 Å². The van der Waals surface area contributed by atoms with Crippen molar-refractivity contribution >= 4 is 5.82 Å². The molecule has 2 rings (SSSR count). The van der Waals surface area contributed by atoms with Crippen LogP contribution in [-0.2, 0) is 0 Å². The van der Waals surface area contributed by atoms with Crippen molar-refractivity contribution in [3.63, 3.8) is 0 Å². The first-order valence-electron chi connectivity index (χ1n) is 6.31. The third-order valence-electron chi connectivity index (χ3n) is 2.57. The van der Waals surface area contributed by atoms with Crippen LogP contribution >= 0.6 is 0 Å². The highest BCUT2D eigenvalue weighted by Crippen LogP contribution is 2.11. The Morgan fingerprint density at radius 1 is 1.05 bits per heavy atom. The van der Waals surface area contributed by atoms with Crippen LogP contribution in [0, 0.1) is 0 Å². The summed E-state index contributed by atoms with van der Waals surface area (Å²) in [4.78, 5) is 4.27. The van der Waals surface area contributed by atoms with Crippen molar-refractivity contribution in [3.8, 4) is 11.6 Å². The highest BCUT2D eigenvalue weighted by Gasteiger charge is 1.97. The average Bonchev–Trinajstić information content (AvgIpc) is 2.48. The van der Waals surface area contributed by atoms with Gasteiger partial charge < -0.3 is 14.8 Å². The van der Waals surface area contributed by atoms with E-state index in [9.17, 15) is 0 Å². The van der Waals surface area contributed by atoms with E-state index in [0.717, 1.165) is 24.5 Å². The molecule has 1 aromatic heterocycles. The highest BCUT2D eigenvalue weighted by atomic mass is 16.5. The number of aromatic nitrogens is 1. The van der Waals surface area contributed by atoms with Crippen molar-refractivity contribution in [1.29, 1.82) is 0 Å². The van der Waals surface area contributed by atoms with E-state index in [1.165, 1.54) is 0 Å². The predicted molar refractivity (Wildman–Crippen MR) is 75.8 cm³/mol. The Bertz CT molecular complexity index is 489. The summed E-state index contributed by atoms with van der Waals surface area (Å²) in [5.74, 6) is 2.34. The normalized spacial score (nSPS) is 9.95. The lowest BCUT2D eigenvalue weighted by Crippen LogP contribution is -2.08. The molecular formula is C15H18N2O2. The van der Waals surface area contributed by atoms with Crippen molar-refractivity contribution in [2.45, 2.75) is 6.42 Å². The van der Waals surface area contributed by atoms with Crippen LogP contribution in [0.2, 0.25) is 0 Å². The molecule has 0 spiro atoms. The van der Waals surface area contributed by atoms with Gasteiger partial charge in [-0.15, -0.1) is 0 Å². The lowest BCUT2D eigenvalue weighted by Gasteiger charge is -2.08. The van der Waals surface area contributed by atoms with Crippen molar-refractivity contribution < 1.29 is 9.47 Å². The third kappa shape index (κ3) is 4.50. The van der Waals surface area contributed by atoms with E-state index in [1.807, 2.05) is 48.5 Å². The van der Waals surface area contributed by atoms with Gasteiger partial charge in [-0.3, -0.25) is 0 Å². The van der Waals surface area contributed by atoms with E-state index in [4.69, 9.17) is 9.47 Å². The summed E-state index contributed by atoms with van der Waals surface area (Å²) >= 11 is 0. The number of hydrogen-bond acceptors (Lipinski definition) is 4. The van der Waals surface area contributed by atoms with E-state index in [0.29, 0.717) is 12.5 Å². The minimum Gasteiger partial charge on any atom is -0.494 e. The maximum absolute atomic E-state index is 5.60. The topological polar surface area (TPSA) is 43.4 Å². The molecule has 4 heteroatoms. The molecule has 100 valence electrons. The fourth-order valence-corrected chi connectivity index (χ4v) is 1.62. The van der Waals surface area contributed by atoms with Crippen LogP contribution < -0.4 is 14.8 Å². The number of methoxy groups -OCH3 is 1. The van der Waals surface area contributed by atoms with E-state index < -0.39 is 0 Å². The number of benzene rings is 1. The molecule has 4 nitrogen and oxygen atoms in total. The molecule has 0 saturated heterocycles. The Kier molecular flexibility index (Phi) is 5.05. The number of anilines is 1. The summed E-state index contributed by atoms with van der Waals surface area (Å²) in [7, 11) is 1.61. The maximum atomic E-state index is 5.60. The van der Waals surface area contributed by atoms with Crippen LogP contribution in [0.3, 0.4) is 0 Å². The Balaban J connectivity index is 1.66. The standard InChI is InChI=1S/C15H18N2O2/c1-18-15-10-5-9-14(17-15)16-11-6-12-19-13-7-3-2-4-8-13/h2-5,7-10H,6,11-12H2,1H3,(H,16,17). The summed E-state index contributed by atoms with van der Waals surface area (Å²) in [6.07, 6.45) is 0.911. The number of nitrogens with one attached hydrogen (secondary N) is 1. The number of ether oxygens (including phenoxy) is 2. The van der Waals surface area contributed by atoms with Crippen LogP contribution in [0.25, 0.3) is 0 Å². The molecule has 0 unspecified atom stereocenters. The number of pyridine rings is 1. The summed E-state index contributed by atoms with van der Waals surface area (Å²) in [5.41, 5.74) is 0. The largest absolute Gasteiger partial charge is 0.494 e. The molecule has 0 aliphatic rings. The second kappa shape index (κ2) is 7.26. The second-order valence-electron chi connectivity index (χ2n) is 4.01. The van der Waals surface area contributed by atoms with Gasteiger partial charge >= 0.3 is 0 Å². The molecule has 0 bridgehead atoms. The van der Waals surface area contributed by atoms with Crippen LogP contribution in [-0.4, -0.2) is 25.2 Å². The molecule has 1 aromatic carbocycles. The number of nitrogens with zero attached hydrogens (tertiary/aromatic N) is 1. The predicted octanol–water partition coefficient (Wildman–Crippen LogP) is 2.97. The van der Waals surface area contributed by atoms with Gasteiger partial charge in [-0.2, -0.15) is 4.98 Å². The van der Waals surface area contributed by atoms with Crippen LogP contribution in [0.15, 0.2) is 48.5 Å². The zero-order valence-electron chi connectivity index (χ0n) is 11.0. The Labute approximate surface area is 113 Å². The molecule has 19 heavy (non-hydrogen) atoms. The summed E-state index contributed by atoms with van der Waals surface area (Å²) < 4.78 is 10.7. The number of hydrogen-bond donors (Lipinski definition) is 1. The van der Waals surface area contributed by atoms with E-state index in [1.54, 1.807) is 7.11 Å². The third-order valence-corrected chi connectivity index (χ3v) is 2.57. The van der Waals surface area contributed by atoms with Gasteiger partial charge in [0.2, 0.25) is 5.88 Å². The van der Waals surface area contributed by atoms with E-state index in [2.05, 4.69) is 10.3 Å². The first kappa shape index (κ1) is 13.2. The quantitative estimate of drug-likeness (QED) is 0.775. The molecule has 1 heterocycles. The molecule has 0 aliphatic carbocycles. The highest BCUT2D eigenvalue weighted by molar-refractivity contribution is 5.36. The average molecular weight is 258 g/mol. The maximum Gasteiger partial charge on any atom is 0.214 e. The fraction of sp³-hybridized carbons (Fsp3) is 0.267. The molecular weight excluding hydrogens is 240 g/mol. The molecule has 0 saturated carbocycles. The van der Waals surface area contributed by atoms with Crippen LogP contribution in [0.5, 0.6) is 11.6 Å². The molecule has 2 aromatic rings. The Morgan fingerprint density at radius 2 is 1.89 bits per heavy atom. The van der Waals surface area contributed by atoms with Crippen LogP contribution in [0.1, 0.15) is 6.42 Å². The zero-order valence-corrected chi connectivity index (χ0v) is 11.0. The molecule has 0 radical (unpaired) electrons. The lowest BCUT2D eigenvalue weighted by atomic mass is 10.3. The Morgan fingerprint density at radius 3 is 2.68 bits per heavy atom. The van der Waals surface area contributed by atoms with Gasteiger partial charge in [0.25, 0.3) is 0 Å². The fourth-order valence-electron chi connectivity index (χ4n) is 1.62. The zero-order chi connectivity index (χ0) is 13.3. The van der Waals surface area contributed by atoms with Crippen molar-refractivity contribution in [3.05, 3.63) is 48.5 Å². The Hall–Kier alpha value is -2.23. The number of para-hydroxylation sites is 1. The number of rotatable bonds is 7. The SMILES string of the molecule is COc1cccc(NCCCOc2ccccc2)n1. The van der Waals surface area contributed by atoms with Gasteiger partial charge in [0.05, 0.1) is 13.7 Å². The van der Waals surface area contributed by atoms with Gasteiger partial charge in [-0.05, 0) is 24.6 Å². The van der Waals surface area contributed by atoms with Crippen molar-refractivity contribution in [2.75, 3.05) is 25.6 Å². The van der Waals surface area contributed by atoms with Crippen LogP contribution in [0.4, 0.5) is 5.82 Å². The first-order valence-corrected chi connectivity index (χ1v) is 6.31. The molecule has 0 aliphatic heterocycles. The van der Waals surface area contributed by atoms with Gasteiger partial charge in [-0.25, -0.2) is 0 Å². The minimum atomic E-state index is 0.616. The van der Waals surface area contributed by atoms with Crippen molar-refractivity contribution in [1.82, 2.24) is 4.98 Å². The molecule has 1 N–H and O–H groups in total. The van der Waals surface area contributed by atoms with Gasteiger partial charge in [0, 0.05) is 12.6 Å². The van der Waals surface area contributed by atoms with Gasteiger partial charge in [-0.1, -0.05) is 24.3 Å². The lowest BCUT2D eigenvalue weighted by molar-refractivity contribution is 0.315. The second-order valence-corrected chi connectivity index (χ2v) is 4.01. The first-order chi connectivity index (χ1) is 9.38. The molecule has 0 fully saturated rings. The van der Waals surface area contributed by atoms with E-state index in [-0.39, 0.29) is 0 Å². The summed E-state index contributed by atoms with van der Waals surface area (Å²) in [6, 6.07) is 15.5. The summed E-state index contributed by atoms with van der Waals surface area (Å²) in [5, 5.41) is 3.23. The van der Waals surface area contributed by atoms with Crippen molar-refractivity contribution in [2.24, 2.45) is 0 Å². The molecule has 0 amide bonds. The monoisotopic (exact) mass is 258 g/mol. The van der Waals surface area contributed by atoms with E-state index >= 15 is 0 Å². The molecule has 0 atom stereocenters. The minimum absolute atomic E-state index is 0.616.